The zero-order valence-electron chi connectivity index (χ0n) is 11.3. The summed E-state index contributed by atoms with van der Waals surface area (Å²) in [4.78, 5) is 19.8. The van der Waals surface area contributed by atoms with Crippen molar-refractivity contribution in [3.05, 3.63) is 18.3 Å². The molecule has 3 heterocycles. The predicted octanol–water partition coefficient (Wildman–Crippen LogP) is 2.46. The molecule has 1 atom stereocenters. The number of thioether (sulfide) groups is 3. The third-order valence-corrected chi connectivity index (χ3v) is 6.85. The number of hydrogen-bond donors (Lipinski definition) is 1. The molecule has 0 spiro atoms. The van der Waals surface area contributed by atoms with Crippen molar-refractivity contribution in [3.8, 4) is 0 Å². The summed E-state index contributed by atoms with van der Waals surface area (Å²) in [6.07, 6.45) is 1.76. The SMILES string of the molecule is O=C(O)CSc1nc2cccnc2n1CC1CSCCS1. The molecular formula is C13H15N3O2S3. The highest BCUT2D eigenvalue weighted by molar-refractivity contribution is 8.06. The molecule has 1 saturated heterocycles. The lowest BCUT2D eigenvalue weighted by molar-refractivity contribution is -0.133. The summed E-state index contributed by atoms with van der Waals surface area (Å²) < 4.78 is 2.08. The van der Waals surface area contributed by atoms with Crippen LogP contribution in [0.2, 0.25) is 0 Å². The Morgan fingerprint density at radius 2 is 2.43 bits per heavy atom. The quantitative estimate of drug-likeness (QED) is 0.838. The molecule has 8 heteroatoms. The molecule has 0 bridgehead atoms. The van der Waals surface area contributed by atoms with E-state index in [1.807, 2.05) is 35.7 Å². The number of aromatic nitrogens is 3. The number of rotatable bonds is 5. The maximum Gasteiger partial charge on any atom is 0.313 e. The first-order valence-electron chi connectivity index (χ1n) is 6.59. The molecule has 5 nitrogen and oxygen atoms in total. The van der Waals surface area contributed by atoms with Crippen molar-refractivity contribution in [2.75, 3.05) is 23.0 Å². The third kappa shape index (κ3) is 3.67. The molecule has 1 N–H and O–H groups in total. The number of carbonyl (C=O) groups is 1. The van der Waals surface area contributed by atoms with Crippen molar-refractivity contribution in [1.82, 2.24) is 14.5 Å². The van der Waals surface area contributed by atoms with Crippen LogP contribution in [0.3, 0.4) is 0 Å². The van der Waals surface area contributed by atoms with E-state index in [9.17, 15) is 4.79 Å². The average Bonchev–Trinajstić information content (AvgIpc) is 2.84. The fraction of sp³-hybridized carbons (Fsp3) is 0.462. The minimum absolute atomic E-state index is 0.0237. The number of aliphatic carboxylic acids is 1. The van der Waals surface area contributed by atoms with Crippen LogP contribution in [0.25, 0.3) is 11.2 Å². The Bertz CT molecular complexity index is 641. The van der Waals surface area contributed by atoms with Crippen LogP contribution in [-0.4, -0.2) is 53.9 Å². The number of nitrogens with zero attached hydrogens (tertiary/aromatic N) is 3. The van der Waals surface area contributed by atoms with Crippen LogP contribution in [0, 0.1) is 0 Å². The minimum atomic E-state index is -0.825. The Hall–Kier alpha value is -0.860. The van der Waals surface area contributed by atoms with Gasteiger partial charge < -0.3 is 9.67 Å². The van der Waals surface area contributed by atoms with E-state index in [0.717, 1.165) is 28.6 Å². The van der Waals surface area contributed by atoms with Gasteiger partial charge in [0, 0.05) is 35.3 Å². The molecule has 1 fully saturated rings. The topological polar surface area (TPSA) is 68.0 Å². The standard InChI is InChI=1S/C13H15N3O2S3/c17-11(18)8-21-13-15-10-2-1-3-14-12(10)16(13)6-9-7-19-4-5-20-9/h1-3,9H,4-8H2,(H,17,18). The lowest BCUT2D eigenvalue weighted by Gasteiger charge is -2.22. The molecule has 0 saturated carbocycles. The van der Waals surface area contributed by atoms with Gasteiger partial charge in [-0.05, 0) is 12.1 Å². The zero-order valence-corrected chi connectivity index (χ0v) is 13.7. The van der Waals surface area contributed by atoms with Gasteiger partial charge in [0.1, 0.15) is 5.52 Å². The first kappa shape index (κ1) is 15.1. The average molecular weight is 341 g/mol. The van der Waals surface area contributed by atoms with Crippen LogP contribution in [0.1, 0.15) is 0 Å². The molecule has 0 radical (unpaired) electrons. The van der Waals surface area contributed by atoms with E-state index in [0.29, 0.717) is 5.25 Å². The van der Waals surface area contributed by atoms with Crippen LogP contribution in [-0.2, 0) is 11.3 Å². The molecule has 0 aliphatic carbocycles. The Labute approximate surface area is 135 Å². The predicted molar refractivity (Wildman–Crippen MR) is 89.5 cm³/mol. The van der Waals surface area contributed by atoms with Crippen molar-refractivity contribution < 1.29 is 9.90 Å². The first-order chi connectivity index (χ1) is 10.2. The van der Waals surface area contributed by atoms with Gasteiger partial charge in [0.2, 0.25) is 0 Å². The van der Waals surface area contributed by atoms with E-state index in [-0.39, 0.29) is 5.75 Å². The zero-order chi connectivity index (χ0) is 14.7. The van der Waals surface area contributed by atoms with Crippen molar-refractivity contribution in [1.29, 1.82) is 0 Å². The van der Waals surface area contributed by atoms with E-state index in [1.54, 1.807) is 6.20 Å². The highest BCUT2D eigenvalue weighted by atomic mass is 32.2. The van der Waals surface area contributed by atoms with Crippen LogP contribution in [0.4, 0.5) is 0 Å². The van der Waals surface area contributed by atoms with E-state index in [4.69, 9.17) is 5.11 Å². The number of carboxylic acids is 1. The maximum absolute atomic E-state index is 10.8. The van der Waals surface area contributed by atoms with E-state index >= 15 is 0 Å². The van der Waals surface area contributed by atoms with Gasteiger partial charge in [-0.15, -0.1) is 0 Å². The second-order valence-electron chi connectivity index (χ2n) is 4.60. The van der Waals surface area contributed by atoms with Crippen LogP contribution < -0.4 is 0 Å². The number of fused-ring (bicyclic) bond motifs is 1. The summed E-state index contributed by atoms with van der Waals surface area (Å²) in [5.41, 5.74) is 1.68. The number of imidazole rings is 1. The van der Waals surface area contributed by atoms with Gasteiger partial charge in [-0.3, -0.25) is 4.79 Å². The molecule has 1 aliphatic heterocycles. The molecule has 112 valence electrons. The fourth-order valence-electron chi connectivity index (χ4n) is 2.18. The van der Waals surface area contributed by atoms with Crippen molar-refractivity contribution >= 4 is 52.4 Å². The van der Waals surface area contributed by atoms with Crippen LogP contribution in [0.15, 0.2) is 23.5 Å². The monoisotopic (exact) mass is 341 g/mol. The molecule has 0 amide bonds. The van der Waals surface area contributed by atoms with Crippen LogP contribution in [0.5, 0.6) is 0 Å². The maximum atomic E-state index is 10.8. The van der Waals surface area contributed by atoms with Gasteiger partial charge in [0.25, 0.3) is 0 Å². The number of hydrogen-bond acceptors (Lipinski definition) is 6. The van der Waals surface area contributed by atoms with E-state index < -0.39 is 5.97 Å². The minimum Gasteiger partial charge on any atom is -0.481 e. The lowest BCUT2D eigenvalue weighted by Crippen LogP contribution is -2.21. The molecule has 21 heavy (non-hydrogen) atoms. The Morgan fingerprint density at radius 1 is 1.52 bits per heavy atom. The van der Waals surface area contributed by atoms with Gasteiger partial charge in [-0.25, -0.2) is 9.97 Å². The smallest absolute Gasteiger partial charge is 0.313 e. The summed E-state index contributed by atoms with van der Waals surface area (Å²) in [5, 5.41) is 10.2. The second-order valence-corrected chi connectivity index (χ2v) is 8.10. The van der Waals surface area contributed by atoms with Crippen molar-refractivity contribution in [2.45, 2.75) is 17.0 Å². The van der Waals surface area contributed by atoms with E-state index in [1.165, 1.54) is 23.3 Å². The Kier molecular flexibility index (Phi) is 4.97. The highest BCUT2D eigenvalue weighted by Crippen LogP contribution is 2.29. The van der Waals surface area contributed by atoms with Gasteiger partial charge in [0.05, 0.1) is 5.75 Å². The molecule has 1 aliphatic rings. The molecule has 3 rings (SSSR count). The summed E-state index contributed by atoms with van der Waals surface area (Å²) in [6.45, 7) is 0.840. The van der Waals surface area contributed by atoms with Crippen molar-refractivity contribution in [3.63, 3.8) is 0 Å². The number of carboxylic acid groups (broad SMARTS) is 1. The van der Waals surface area contributed by atoms with Crippen LogP contribution >= 0.6 is 35.3 Å². The molecule has 2 aromatic rings. The Balaban J connectivity index is 1.88. The highest BCUT2D eigenvalue weighted by Gasteiger charge is 2.20. The summed E-state index contributed by atoms with van der Waals surface area (Å²) in [6, 6.07) is 3.78. The van der Waals surface area contributed by atoms with Crippen molar-refractivity contribution in [2.24, 2.45) is 0 Å². The first-order valence-corrected chi connectivity index (χ1v) is 9.78. The summed E-state index contributed by atoms with van der Waals surface area (Å²) >= 11 is 5.22. The van der Waals surface area contributed by atoms with Gasteiger partial charge >= 0.3 is 5.97 Å². The molecule has 1 unspecified atom stereocenters. The molecule has 0 aromatic carbocycles. The lowest BCUT2D eigenvalue weighted by atomic mass is 10.4. The van der Waals surface area contributed by atoms with Gasteiger partial charge in [-0.1, -0.05) is 11.8 Å². The summed E-state index contributed by atoms with van der Waals surface area (Å²) in [7, 11) is 0. The Morgan fingerprint density at radius 3 is 3.19 bits per heavy atom. The van der Waals surface area contributed by atoms with Gasteiger partial charge in [-0.2, -0.15) is 23.5 Å². The normalized spacial score (nSPS) is 19.0. The molecular weight excluding hydrogens is 326 g/mol. The second kappa shape index (κ2) is 6.93. The third-order valence-electron chi connectivity index (χ3n) is 3.06. The summed E-state index contributed by atoms with van der Waals surface area (Å²) in [5.74, 6) is 2.71. The van der Waals surface area contributed by atoms with E-state index in [2.05, 4.69) is 14.5 Å². The van der Waals surface area contributed by atoms with Gasteiger partial charge in [0.15, 0.2) is 10.8 Å². The number of pyridine rings is 1. The fourth-order valence-corrected chi connectivity index (χ4v) is 5.57. The largest absolute Gasteiger partial charge is 0.481 e. The molecule has 2 aromatic heterocycles.